The van der Waals surface area contributed by atoms with Crippen LogP contribution in [-0.4, -0.2) is 33.3 Å². The fourth-order valence-corrected chi connectivity index (χ4v) is 4.86. The molecule has 1 amide bonds. The van der Waals surface area contributed by atoms with Crippen LogP contribution in [0.5, 0.6) is 0 Å². The summed E-state index contributed by atoms with van der Waals surface area (Å²) in [5.74, 6) is -0.0986. The van der Waals surface area contributed by atoms with E-state index < -0.39 is 9.84 Å². The Morgan fingerprint density at radius 3 is 2.70 bits per heavy atom. The average Bonchev–Trinajstić information content (AvgIpc) is 2.53. The molecule has 0 spiro atoms. The van der Waals surface area contributed by atoms with E-state index >= 15 is 0 Å². The third kappa shape index (κ3) is 5.62. The Kier molecular flexibility index (Phi) is 6.59. The molecule has 128 valence electrons. The molecule has 0 aromatic heterocycles. The molecule has 1 aromatic carbocycles. The molecule has 1 saturated carbocycles. The summed E-state index contributed by atoms with van der Waals surface area (Å²) in [4.78, 5) is 11.7. The molecule has 0 radical (unpaired) electrons. The summed E-state index contributed by atoms with van der Waals surface area (Å²) in [7, 11) is -1.58. The summed E-state index contributed by atoms with van der Waals surface area (Å²) >= 11 is 0. The van der Waals surface area contributed by atoms with Gasteiger partial charge in [-0.05, 0) is 30.5 Å². The Bertz CT molecular complexity index is 621. The summed E-state index contributed by atoms with van der Waals surface area (Å²) < 4.78 is 29.9. The monoisotopic (exact) mass is 339 g/mol. The average molecular weight is 339 g/mol. The van der Waals surface area contributed by atoms with Gasteiger partial charge in [-0.2, -0.15) is 0 Å². The Morgan fingerprint density at radius 1 is 1.26 bits per heavy atom. The second-order valence-corrected chi connectivity index (χ2v) is 8.34. The van der Waals surface area contributed by atoms with Gasteiger partial charge in [-0.25, -0.2) is 8.42 Å². The highest BCUT2D eigenvalue weighted by atomic mass is 32.2. The van der Waals surface area contributed by atoms with Gasteiger partial charge in [0.1, 0.15) is 0 Å². The molecule has 0 unspecified atom stereocenters. The first-order valence-corrected chi connectivity index (χ1v) is 9.82. The number of sulfone groups is 1. The number of carbonyl (C=O) groups excluding carboxylic acids is 1. The van der Waals surface area contributed by atoms with E-state index in [4.69, 9.17) is 4.74 Å². The van der Waals surface area contributed by atoms with E-state index in [9.17, 15) is 13.2 Å². The molecule has 1 fully saturated rings. The van der Waals surface area contributed by atoms with Crippen LogP contribution in [0.25, 0.3) is 0 Å². The lowest BCUT2D eigenvalue weighted by Gasteiger charge is -2.21. The van der Waals surface area contributed by atoms with Crippen molar-refractivity contribution in [2.45, 2.75) is 49.5 Å². The topological polar surface area (TPSA) is 72.5 Å². The quantitative estimate of drug-likeness (QED) is 0.829. The summed E-state index contributed by atoms with van der Waals surface area (Å²) in [6.07, 6.45) is 4.96. The summed E-state index contributed by atoms with van der Waals surface area (Å²) in [5.41, 5.74) is 1.35. The first-order valence-electron chi connectivity index (χ1n) is 8.10. The number of methoxy groups -OCH3 is 1. The van der Waals surface area contributed by atoms with Crippen molar-refractivity contribution in [3.8, 4) is 0 Å². The number of ether oxygens (including phenoxy) is 1. The fraction of sp³-hybridized carbons (Fsp3) is 0.588. The van der Waals surface area contributed by atoms with Crippen molar-refractivity contribution in [2.75, 3.05) is 19.0 Å². The summed E-state index contributed by atoms with van der Waals surface area (Å²) in [5, 5.41) is 2.56. The van der Waals surface area contributed by atoms with Crippen LogP contribution in [0.3, 0.4) is 0 Å². The molecule has 6 heteroatoms. The van der Waals surface area contributed by atoms with Crippen molar-refractivity contribution in [3.63, 3.8) is 0 Å². The predicted octanol–water partition coefficient (Wildman–Crippen LogP) is 2.91. The summed E-state index contributed by atoms with van der Waals surface area (Å²) in [6.45, 7) is 0.363. The molecule has 0 saturated heterocycles. The van der Waals surface area contributed by atoms with Crippen LogP contribution in [0.1, 0.15) is 44.1 Å². The minimum absolute atomic E-state index is 0.0411. The maximum atomic E-state index is 12.5. The molecular formula is C17H25NO4S. The second-order valence-electron chi connectivity index (χ2n) is 6.06. The highest BCUT2D eigenvalue weighted by molar-refractivity contribution is 7.91. The van der Waals surface area contributed by atoms with E-state index in [1.807, 2.05) is 0 Å². The fourth-order valence-electron chi connectivity index (χ4n) is 2.93. The Hall–Kier alpha value is -1.40. The van der Waals surface area contributed by atoms with Gasteiger partial charge in [-0.3, -0.25) is 4.79 Å². The van der Waals surface area contributed by atoms with Crippen LogP contribution < -0.4 is 5.32 Å². The number of nitrogens with one attached hydrogen (secondary N) is 1. The standard InChI is InChI=1S/C17H25NO4S/c1-22-11-10-17(19)18-15-7-5-6-14(12-15)13-23(20,21)16-8-3-2-4-9-16/h5-7,12,16H,2-4,8-11,13H2,1H3,(H,18,19). The minimum Gasteiger partial charge on any atom is -0.384 e. The van der Waals surface area contributed by atoms with Gasteiger partial charge in [0.25, 0.3) is 0 Å². The molecule has 0 atom stereocenters. The van der Waals surface area contributed by atoms with Crippen LogP contribution in [0.15, 0.2) is 24.3 Å². The SMILES string of the molecule is COCCC(=O)Nc1cccc(CS(=O)(=O)C2CCCCC2)c1. The predicted molar refractivity (Wildman–Crippen MR) is 91.1 cm³/mol. The largest absolute Gasteiger partial charge is 0.384 e. The molecule has 5 nitrogen and oxygen atoms in total. The maximum Gasteiger partial charge on any atom is 0.226 e. The first-order chi connectivity index (χ1) is 11.0. The Labute approximate surface area is 138 Å². The van der Waals surface area contributed by atoms with Crippen LogP contribution >= 0.6 is 0 Å². The van der Waals surface area contributed by atoms with Crippen molar-refractivity contribution >= 4 is 21.4 Å². The number of hydrogen-bond acceptors (Lipinski definition) is 4. The molecule has 1 aromatic rings. The number of carbonyl (C=O) groups is 1. The van der Waals surface area contributed by atoms with Crippen molar-refractivity contribution in [2.24, 2.45) is 0 Å². The van der Waals surface area contributed by atoms with Gasteiger partial charge in [-0.1, -0.05) is 31.4 Å². The van der Waals surface area contributed by atoms with Crippen LogP contribution in [0, 0.1) is 0 Å². The van der Waals surface area contributed by atoms with Gasteiger partial charge in [0.2, 0.25) is 5.91 Å². The smallest absolute Gasteiger partial charge is 0.226 e. The van der Waals surface area contributed by atoms with Crippen molar-refractivity contribution in [1.29, 1.82) is 0 Å². The van der Waals surface area contributed by atoms with Gasteiger partial charge < -0.3 is 10.1 Å². The van der Waals surface area contributed by atoms with Gasteiger partial charge in [0.05, 0.1) is 24.0 Å². The van der Waals surface area contributed by atoms with Crippen molar-refractivity contribution < 1.29 is 17.9 Å². The number of benzene rings is 1. The van der Waals surface area contributed by atoms with Gasteiger partial charge in [-0.15, -0.1) is 0 Å². The summed E-state index contributed by atoms with van der Waals surface area (Å²) in [6, 6.07) is 7.08. The molecular weight excluding hydrogens is 314 g/mol. The Morgan fingerprint density at radius 2 is 2.00 bits per heavy atom. The molecule has 1 aliphatic carbocycles. The highest BCUT2D eigenvalue weighted by Gasteiger charge is 2.27. The van der Waals surface area contributed by atoms with Gasteiger partial charge in [0, 0.05) is 12.8 Å². The van der Waals surface area contributed by atoms with Crippen LogP contribution in [0.4, 0.5) is 5.69 Å². The highest BCUT2D eigenvalue weighted by Crippen LogP contribution is 2.26. The molecule has 2 rings (SSSR count). The van der Waals surface area contributed by atoms with Crippen molar-refractivity contribution in [3.05, 3.63) is 29.8 Å². The zero-order valence-electron chi connectivity index (χ0n) is 13.6. The lowest BCUT2D eigenvalue weighted by Crippen LogP contribution is -2.25. The Balaban J connectivity index is 2.00. The number of amides is 1. The number of rotatable bonds is 7. The van der Waals surface area contributed by atoms with Crippen LogP contribution in [0.2, 0.25) is 0 Å². The number of anilines is 1. The lowest BCUT2D eigenvalue weighted by atomic mass is 10.0. The van der Waals surface area contributed by atoms with E-state index in [-0.39, 0.29) is 23.3 Å². The zero-order valence-corrected chi connectivity index (χ0v) is 14.4. The second kappa shape index (κ2) is 8.45. The first kappa shape index (κ1) is 17.9. The van der Waals surface area contributed by atoms with Gasteiger partial charge in [0.15, 0.2) is 9.84 Å². The molecule has 23 heavy (non-hydrogen) atoms. The van der Waals surface area contributed by atoms with E-state index in [1.165, 1.54) is 0 Å². The van der Waals surface area contributed by atoms with E-state index in [0.29, 0.717) is 12.3 Å². The molecule has 0 bridgehead atoms. The lowest BCUT2D eigenvalue weighted by molar-refractivity contribution is -0.117. The molecule has 1 aliphatic rings. The van der Waals surface area contributed by atoms with E-state index in [0.717, 1.165) is 37.7 Å². The van der Waals surface area contributed by atoms with Gasteiger partial charge >= 0.3 is 0 Å². The van der Waals surface area contributed by atoms with Crippen LogP contribution in [-0.2, 0) is 25.1 Å². The third-order valence-electron chi connectivity index (χ3n) is 4.17. The minimum atomic E-state index is -3.13. The molecule has 0 heterocycles. The maximum absolute atomic E-state index is 12.5. The van der Waals surface area contributed by atoms with Crippen molar-refractivity contribution in [1.82, 2.24) is 0 Å². The normalized spacial score (nSPS) is 16.2. The molecule has 0 aliphatic heterocycles. The number of hydrogen-bond donors (Lipinski definition) is 1. The third-order valence-corrected chi connectivity index (χ3v) is 6.39. The zero-order chi connectivity index (χ0) is 16.7. The van der Waals surface area contributed by atoms with E-state index in [1.54, 1.807) is 31.4 Å². The molecule has 1 N–H and O–H groups in total. The van der Waals surface area contributed by atoms with E-state index in [2.05, 4.69) is 5.32 Å².